The summed E-state index contributed by atoms with van der Waals surface area (Å²) in [6.07, 6.45) is 4.53. The molecule has 2 N–H and O–H groups in total. The van der Waals surface area contributed by atoms with Gasteiger partial charge in [0.25, 0.3) is 0 Å². The number of nitrogens with one attached hydrogen (secondary N) is 2. The Labute approximate surface area is 173 Å². The molecule has 2 aliphatic rings. The van der Waals surface area contributed by atoms with Crippen LogP contribution in [0, 0.1) is 11.8 Å². The first-order valence-corrected chi connectivity index (χ1v) is 10.2. The van der Waals surface area contributed by atoms with E-state index in [2.05, 4.69) is 20.7 Å². The van der Waals surface area contributed by atoms with Crippen LogP contribution < -0.4 is 10.6 Å². The van der Waals surface area contributed by atoms with Crippen molar-refractivity contribution in [3.63, 3.8) is 0 Å². The highest BCUT2D eigenvalue weighted by Gasteiger charge is 2.31. The summed E-state index contributed by atoms with van der Waals surface area (Å²) in [5, 5.41) is 10.8. The highest BCUT2D eigenvalue weighted by molar-refractivity contribution is 5.91. The fourth-order valence-electron chi connectivity index (χ4n) is 3.86. The molecule has 2 atom stereocenters. The molecule has 0 aromatic carbocycles. The van der Waals surface area contributed by atoms with Crippen LogP contribution in [0.1, 0.15) is 57.7 Å². The number of anilines is 1. The fraction of sp³-hybridized carbons (Fsp3) is 0.789. The lowest BCUT2D eigenvalue weighted by Gasteiger charge is -2.33. The van der Waals surface area contributed by atoms with Crippen molar-refractivity contribution in [1.29, 1.82) is 0 Å². The Morgan fingerprint density at radius 3 is 2.68 bits per heavy atom. The molecule has 3 rings (SSSR count). The molecule has 0 aliphatic carbocycles. The highest BCUT2D eigenvalue weighted by Crippen LogP contribution is 2.24. The number of aryl methyl sites for hydroxylation is 1. The van der Waals surface area contributed by atoms with E-state index < -0.39 is 0 Å². The number of carbonyl (C=O) groups is 2. The van der Waals surface area contributed by atoms with Crippen LogP contribution in [-0.2, 0) is 16.6 Å². The predicted molar refractivity (Wildman–Crippen MR) is 110 cm³/mol. The van der Waals surface area contributed by atoms with E-state index in [-0.39, 0.29) is 36.1 Å². The fourth-order valence-corrected chi connectivity index (χ4v) is 3.86. The molecule has 3 heterocycles. The zero-order valence-electron chi connectivity index (χ0n) is 17.1. The van der Waals surface area contributed by atoms with Crippen molar-refractivity contribution in [3.05, 3.63) is 5.82 Å². The zero-order chi connectivity index (χ0) is 19.4. The number of likely N-dealkylation sites (tertiary alicyclic amines) is 1. The standard InChI is InChI=1S/C19H32N6O2.ClH/c1-4-13(2)18(27)25-11-5-6-15(12-25)17(26)22-19-21-16(23-24(19)3)14-7-9-20-10-8-14;/h13-15,20H,4-12H2,1-3H3,(H,21,22,23,26);1H. The minimum Gasteiger partial charge on any atom is -0.342 e. The van der Waals surface area contributed by atoms with Gasteiger partial charge in [0.15, 0.2) is 5.82 Å². The molecule has 28 heavy (non-hydrogen) atoms. The van der Waals surface area contributed by atoms with Gasteiger partial charge in [-0.1, -0.05) is 13.8 Å². The summed E-state index contributed by atoms with van der Waals surface area (Å²) in [4.78, 5) is 31.6. The summed E-state index contributed by atoms with van der Waals surface area (Å²) in [5.74, 6) is 1.57. The smallest absolute Gasteiger partial charge is 0.231 e. The van der Waals surface area contributed by atoms with E-state index in [1.807, 2.05) is 25.8 Å². The topological polar surface area (TPSA) is 92.2 Å². The van der Waals surface area contributed by atoms with Crippen molar-refractivity contribution in [2.75, 3.05) is 31.5 Å². The van der Waals surface area contributed by atoms with Crippen LogP contribution in [0.25, 0.3) is 0 Å². The summed E-state index contributed by atoms with van der Waals surface area (Å²) in [5.41, 5.74) is 0. The first-order valence-electron chi connectivity index (χ1n) is 10.2. The van der Waals surface area contributed by atoms with E-state index in [9.17, 15) is 9.59 Å². The highest BCUT2D eigenvalue weighted by atomic mass is 35.5. The second-order valence-corrected chi connectivity index (χ2v) is 7.86. The average Bonchev–Trinajstić information content (AvgIpc) is 3.07. The van der Waals surface area contributed by atoms with Gasteiger partial charge >= 0.3 is 0 Å². The number of rotatable bonds is 5. The molecule has 0 radical (unpaired) electrons. The predicted octanol–water partition coefficient (Wildman–Crippen LogP) is 1.93. The Kier molecular flexibility index (Phi) is 8.24. The molecule has 2 saturated heterocycles. The van der Waals surface area contributed by atoms with Gasteiger partial charge in [-0.3, -0.25) is 14.9 Å². The second kappa shape index (κ2) is 10.2. The summed E-state index contributed by atoms with van der Waals surface area (Å²) in [7, 11) is 1.81. The first-order chi connectivity index (χ1) is 13.0. The lowest BCUT2D eigenvalue weighted by atomic mass is 9.95. The third kappa shape index (κ3) is 5.23. The van der Waals surface area contributed by atoms with Crippen LogP contribution >= 0.6 is 12.4 Å². The Bertz CT molecular complexity index is 673. The second-order valence-electron chi connectivity index (χ2n) is 7.86. The molecule has 1 aromatic heterocycles. The van der Waals surface area contributed by atoms with Crippen LogP contribution in [0.4, 0.5) is 5.95 Å². The van der Waals surface area contributed by atoms with E-state index in [4.69, 9.17) is 0 Å². The number of hydrogen-bond acceptors (Lipinski definition) is 5. The summed E-state index contributed by atoms with van der Waals surface area (Å²) >= 11 is 0. The van der Waals surface area contributed by atoms with E-state index in [0.717, 1.165) is 57.6 Å². The average molecular weight is 413 g/mol. The molecule has 0 saturated carbocycles. The van der Waals surface area contributed by atoms with Crippen molar-refractivity contribution in [3.8, 4) is 0 Å². The van der Waals surface area contributed by atoms with Gasteiger partial charge < -0.3 is 10.2 Å². The molecule has 2 fully saturated rings. The molecular weight excluding hydrogens is 380 g/mol. The van der Waals surface area contributed by atoms with Gasteiger partial charge in [0.05, 0.1) is 5.92 Å². The Balaban J connectivity index is 0.00000280. The lowest BCUT2D eigenvalue weighted by Crippen LogP contribution is -2.45. The van der Waals surface area contributed by atoms with Gasteiger partial charge in [0, 0.05) is 32.0 Å². The van der Waals surface area contributed by atoms with Crippen molar-refractivity contribution >= 4 is 30.2 Å². The van der Waals surface area contributed by atoms with Crippen LogP contribution in [-0.4, -0.2) is 57.7 Å². The minimum atomic E-state index is -0.189. The maximum atomic E-state index is 12.8. The first kappa shape index (κ1) is 22.6. The molecule has 158 valence electrons. The quantitative estimate of drug-likeness (QED) is 0.770. The van der Waals surface area contributed by atoms with Crippen LogP contribution in [0.5, 0.6) is 0 Å². The third-order valence-corrected chi connectivity index (χ3v) is 5.86. The maximum Gasteiger partial charge on any atom is 0.231 e. The normalized spacial score (nSPS) is 21.7. The number of aromatic nitrogens is 3. The van der Waals surface area contributed by atoms with Gasteiger partial charge in [-0.15, -0.1) is 12.4 Å². The zero-order valence-corrected chi connectivity index (χ0v) is 17.9. The summed E-state index contributed by atoms with van der Waals surface area (Å²) < 4.78 is 1.65. The van der Waals surface area contributed by atoms with Gasteiger partial charge in [-0.25, -0.2) is 4.68 Å². The van der Waals surface area contributed by atoms with E-state index in [1.165, 1.54) is 0 Å². The molecule has 1 aromatic rings. The summed E-state index contributed by atoms with van der Waals surface area (Å²) in [6.45, 7) is 7.17. The Hall–Kier alpha value is -1.67. The lowest BCUT2D eigenvalue weighted by molar-refractivity contribution is -0.138. The minimum absolute atomic E-state index is 0. The number of nitrogens with zero attached hydrogens (tertiary/aromatic N) is 4. The molecule has 9 heteroatoms. The van der Waals surface area contributed by atoms with Gasteiger partial charge in [-0.2, -0.15) is 10.1 Å². The largest absolute Gasteiger partial charge is 0.342 e. The Morgan fingerprint density at radius 2 is 2.00 bits per heavy atom. The van der Waals surface area contributed by atoms with Crippen LogP contribution in [0.3, 0.4) is 0 Å². The maximum absolute atomic E-state index is 12.8. The van der Waals surface area contributed by atoms with Crippen LogP contribution in [0.15, 0.2) is 0 Å². The number of amides is 2. The number of piperidine rings is 2. The number of carbonyl (C=O) groups excluding carboxylic acids is 2. The Morgan fingerprint density at radius 1 is 1.29 bits per heavy atom. The van der Waals surface area contributed by atoms with Crippen molar-refractivity contribution < 1.29 is 9.59 Å². The number of hydrogen-bond donors (Lipinski definition) is 2. The third-order valence-electron chi connectivity index (χ3n) is 5.86. The molecule has 2 amide bonds. The van der Waals surface area contributed by atoms with Crippen molar-refractivity contribution in [1.82, 2.24) is 25.0 Å². The van der Waals surface area contributed by atoms with Gasteiger partial charge in [0.2, 0.25) is 17.8 Å². The van der Waals surface area contributed by atoms with Crippen LogP contribution in [0.2, 0.25) is 0 Å². The van der Waals surface area contributed by atoms with Crippen molar-refractivity contribution in [2.45, 2.75) is 51.9 Å². The molecule has 0 spiro atoms. The molecular formula is C19H33ClN6O2. The van der Waals surface area contributed by atoms with E-state index >= 15 is 0 Å². The molecule has 8 nitrogen and oxygen atoms in total. The number of halogens is 1. The molecule has 2 aliphatic heterocycles. The van der Waals surface area contributed by atoms with Gasteiger partial charge in [-0.05, 0) is 45.2 Å². The molecule has 0 bridgehead atoms. The summed E-state index contributed by atoms with van der Waals surface area (Å²) in [6, 6.07) is 0. The van der Waals surface area contributed by atoms with E-state index in [1.54, 1.807) is 4.68 Å². The van der Waals surface area contributed by atoms with Crippen molar-refractivity contribution in [2.24, 2.45) is 18.9 Å². The monoisotopic (exact) mass is 412 g/mol. The van der Waals surface area contributed by atoms with Gasteiger partial charge in [0.1, 0.15) is 0 Å². The molecule has 2 unspecified atom stereocenters. The van der Waals surface area contributed by atoms with E-state index in [0.29, 0.717) is 18.4 Å². The SMILES string of the molecule is CCC(C)C(=O)N1CCCC(C(=O)Nc2nc(C3CCNCC3)nn2C)C1.Cl.